The number of amides is 1. The molecule has 0 aromatic heterocycles. The molecule has 0 radical (unpaired) electrons. The molecule has 2 aliphatic heterocycles. The Kier molecular flexibility index (Phi) is 5.91. The van der Waals surface area contributed by atoms with Crippen LogP contribution >= 0.6 is 0 Å². The van der Waals surface area contributed by atoms with Gasteiger partial charge in [-0.15, -0.1) is 0 Å². The average molecular weight is 349 g/mol. The van der Waals surface area contributed by atoms with Crippen molar-refractivity contribution in [1.82, 2.24) is 14.7 Å². The van der Waals surface area contributed by atoms with Crippen molar-refractivity contribution in [3.63, 3.8) is 0 Å². The maximum atomic E-state index is 13.6. The van der Waals surface area contributed by atoms with Crippen molar-refractivity contribution in [2.24, 2.45) is 5.92 Å². The van der Waals surface area contributed by atoms with Crippen LogP contribution in [0.2, 0.25) is 0 Å². The SMILES string of the molecule is COc1cc(C(=O)N2CCC[C@H](CN3CCN(C)CC3)C2)ccc1F. The van der Waals surface area contributed by atoms with E-state index in [0.29, 0.717) is 11.5 Å². The normalized spacial score (nSPS) is 22.8. The van der Waals surface area contributed by atoms with Gasteiger partial charge in [0.05, 0.1) is 7.11 Å². The van der Waals surface area contributed by atoms with E-state index in [1.165, 1.54) is 25.7 Å². The van der Waals surface area contributed by atoms with E-state index >= 15 is 0 Å². The molecule has 0 N–H and O–H groups in total. The summed E-state index contributed by atoms with van der Waals surface area (Å²) >= 11 is 0. The summed E-state index contributed by atoms with van der Waals surface area (Å²) in [5.74, 6) is 0.173. The van der Waals surface area contributed by atoms with E-state index in [1.54, 1.807) is 6.07 Å². The van der Waals surface area contributed by atoms with Crippen LogP contribution in [0.5, 0.6) is 5.75 Å². The zero-order valence-corrected chi connectivity index (χ0v) is 15.2. The van der Waals surface area contributed by atoms with Gasteiger partial charge in [-0.25, -0.2) is 4.39 Å². The first kappa shape index (κ1) is 18.1. The van der Waals surface area contributed by atoms with Gasteiger partial charge in [-0.05, 0) is 44.0 Å². The van der Waals surface area contributed by atoms with Gasteiger partial charge in [0.15, 0.2) is 11.6 Å². The molecule has 6 heteroatoms. The Hall–Kier alpha value is -1.66. The molecular formula is C19H28FN3O2. The minimum atomic E-state index is -0.439. The van der Waals surface area contributed by atoms with Crippen LogP contribution in [0.25, 0.3) is 0 Å². The summed E-state index contributed by atoms with van der Waals surface area (Å²) < 4.78 is 18.6. The van der Waals surface area contributed by atoms with Gasteiger partial charge in [-0.3, -0.25) is 4.79 Å². The third-order valence-electron chi connectivity index (χ3n) is 5.32. The van der Waals surface area contributed by atoms with Crippen LogP contribution in [0.3, 0.4) is 0 Å². The molecule has 138 valence electrons. The third-order valence-corrected chi connectivity index (χ3v) is 5.32. The Morgan fingerprint density at radius 3 is 2.72 bits per heavy atom. The van der Waals surface area contributed by atoms with Crippen molar-refractivity contribution in [2.45, 2.75) is 12.8 Å². The molecule has 1 aromatic carbocycles. The molecule has 0 bridgehead atoms. The van der Waals surface area contributed by atoms with Gasteiger partial charge in [-0.1, -0.05) is 0 Å². The summed E-state index contributed by atoms with van der Waals surface area (Å²) in [4.78, 5) is 19.6. The van der Waals surface area contributed by atoms with E-state index < -0.39 is 5.82 Å². The zero-order valence-electron chi connectivity index (χ0n) is 15.2. The number of carbonyl (C=O) groups excluding carboxylic acids is 1. The molecular weight excluding hydrogens is 321 g/mol. The minimum absolute atomic E-state index is 0.0265. The highest BCUT2D eigenvalue weighted by molar-refractivity contribution is 5.94. The molecule has 0 aliphatic carbocycles. The lowest BCUT2D eigenvalue weighted by Crippen LogP contribution is -2.49. The number of halogens is 1. The monoisotopic (exact) mass is 349 g/mol. The van der Waals surface area contributed by atoms with E-state index in [-0.39, 0.29) is 11.7 Å². The molecule has 1 amide bonds. The van der Waals surface area contributed by atoms with Crippen LogP contribution in [0.1, 0.15) is 23.2 Å². The minimum Gasteiger partial charge on any atom is -0.494 e. The summed E-state index contributed by atoms with van der Waals surface area (Å²) in [5.41, 5.74) is 0.499. The maximum Gasteiger partial charge on any atom is 0.254 e. The molecule has 2 aliphatic rings. The molecule has 2 saturated heterocycles. The fourth-order valence-corrected chi connectivity index (χ4v) is 3.77. The molecule has 0 spiro atoms. The topological polar surface area (TPSA) is 36.0 Å². The van der Waals surface area contributed by atoms with Gasteiger partial charge in [0.25, 0.3) is 5.91 Å². The summed E-state index contributed by atoms with van der Waals surface area (Å²) in [5, 5.41) is 0. The van der Waals surface area contributed by atoms with Gasteiger partial charge >= 0.3 is 0 Å². The first-order valence-corrected chi connectivity index (χ1v) is 9.10. The molecule has 25 heavy (non-hydrogen) atoms. The van der Waals surface area contributed by atoms with Crippen LogP contribution < -0.4 is 4.74 Å². The molecule has 5 nitrogen and oxygen atoms in total. The summed E-state index contributed by atoms with van der Waals surface area (Å²) in [6.45, 7) is 7.06. The van der Waals surface area contributed by atoms with Crippen LogP contribution in [0.4, 0.5) is 4.39 Å². The number of hydrogen-bond acceptors (Lipinski definition) is 4. The number of ether oxygens (including phenoxy) is 1. The van der Waals surface area contributed by atoms with Gasteiger partial charge in [0.1, 0.15) is 0 Å². The van der Waals surface area contributed by atoms with Crippen molar-refractivity contribution in [2.75, 3.05) is 60.0 Å². The molecule has 2 fully saturated rings. The lowest BCUT2D eigenvalue weighted by molar-refractivity contribution is 0.0609. The number of piperazine rings is 1. The zero-order chi connectivity index (χ0) is 17.8. The Labute approximate surface area is 149 Å². The van der Waals surface area contributed by atoms with E-state index in [4.69, 9.17) is 4.74 Å². The quantitative estimate of drug-likeness (QED) is 0.832. The van der Waals surface area contributed by atoms with Crippen molar-refractivity contribution in [3.05, 3.63) is 29.6 Å². The number of benzene rings is 1. The number of likely N-dealkylation sites (tertiary alicyclic amines) is 1. The highest BCUT2D eigenvalue weighted by Gasteiger charge is 2.27. The average Bonchev–Trinajstić information content (AvgIpc) is 2.64. The Morgan fingerprint density at radius 2 is 2.00 bits per heavy atom. The van der Waals surface area contributed by atoms with Crippen molar-refractivity contribution in [3.8, 4) is 5.75 Å². The molecule has 3 rings (SSSR count). The van der Waals surface area contributed by atoms with Crippen molar-refractivity contribution in [1.29, 1.82) is 0 Å². The summed E-state index contributed by atoms with van der Waals surface area (Å²) in [7, 11) is 3.58. The van der Waals surface area contributed by atoms with E-state index in [1.807, 2.05) is 4.90 Å². The number of methoxy groups -OCH3 is 1. The fourth-order valence-electron chi connectivity index (χ4n) is 3.77. The lowest BCUT2D eigenvalue weighted by atomic mass is 9.96. The highest BCUT2D eigenvalue weighted by atomic mass is 19.1. The highest BCUT2D eigenvalue weighted by Crippen LogP contribution is 2.23. The smallest absolute Gasteiger partial charge is 0.254 e. The Morgan fingerprint density at radius 1 is 1.24 bits per heavy atom. The van der Waals surface area contributed by atoms with E-state index in [2.05, 4.69) is 16.8 Å². The first-order chi connectivity index (χ1) is 12.1. The predicted octanol–water partition coefficient (Wildman–Crippen LogP) is 1.93. The Balaban J connectivity index is 1.59. The van der Waals surface area contributed by atoms with Gasteiger partial charge in [0.2, 0.25) is 0 Å². The second kappa shape index (κ2) is 8.15. The lowest BCUT2D eigenvalue weighted by Gasteiger charge is -2.38. The van der Waals surface area contributed by atoms with E-state index in [0.717, 1.165) is 52.2 Å². The third kappa shape index (κ3) is 4.50. The standard InChI is InChI=1S/C19H28FN3O2/c1-21-8-10-22(11-9-21)13-15-4-3-7-23(14-15)19(24)16-5-6-17(20)18(12-16)25-2/h5-6,12,15H,3-4,7-11,13-14H2,1-2H3/t15-/m1/s1. The second-order valence-electron chi connectivity index (χ2n) is 7.21. The molecule has 0 unspecified atom stereocenters. The van der Waals surface area contributed by atoms with Crippen LogP contribution in [-0.2, 0) is 0 Å². The predicted molar refractivity (Wildman–Crippen MR) is 95.5 cm³/mol. The number of likely N-dealkylation sites (N-methyl/N-ethyl adjacent to an activating group) is 1. The van der Waals surface area contributed by atoms with Gasteiger partial charge < -0.3 is 19.4 Å². The number of piperidine rings is 1. The summed E-state index contributed by atoms with van der Waals surface area (Å²) in [6.07, 6.45) is 2.20. The Bertz CT molecular complexity index is 602. The van der Waals surface area contributed by atoms with Crippen LogP contribution in [0, 0.1) is 11.7 Å². The van der Waals surface area contributed by atoms with Gasteiger partial charge in [-0.2, -0.15) is 0 Å². The second-order valence-corrected chi connectivity index (χ2v) is 7.21. The largest absolute Gasteiger partial charge is 0.494 e. The molecule has 0 saturated carbocycles. The van der Waals surface area contributed by atoms with Crippen LogP contribution in [-0.4, -0.2) is 80.6 Å². The summed E-state index contributed by atoms with van der Waals surface area (Å²) in [6, 6.07) is 4.35. The van der Waals surface area contributed by atoms with E-state index in [9.17, 15) is 9.18 Å². The van der Waals surface area contributed by atoms with Crippen LogP contribution in [0.15, 0.2) is 18.2 Å². The van der Waals surface area contributed by atoms with Gasteiger partial charge in [0, 0.05) is 51.4 Å². The fraction of sp³-hybridized carbons (Fsp3) is 0.632. The van der Waals surface area contributed by atoms with Crippen molar-refractivity contribution >= 4 is 5.91 Å². The molecule has 1 aromatic rings. The molecule has 2 heterocycles. The number of hydrogen-bond donors (Lipinski definition) is 0. The first-order valence-electron chi connectivity index (χ1n) is 9.10. The van der Waals surface area contributed by atoms with Crippen molar-refractivity contribution < 1.29 is 13.9 Å². The molecule has 1 atom stereocenters. The number of rotatable bonds is 4. The number of nitrogens with zero attached hydrogens (tertiary/aromatic N) is 3. The number of carbonyl (C=O) groups is 1. The maximum absolute atomic E-state index is 13.6.